The number of guanidine groups is 1. The summed E-state index contributed by atoms with van der Waals surface area (Å²) in [5.74, 6) is 4.50. The second kappa shape index (κ2) is 13.7. The van der Waals surface area contributed by atoms with Gasteiger partial charge in [-0.3, -0.25) is 9.36 Å². The van der Waals surface area contributed by atoms with Gasteiger partial charge in [-0.1, -0.05) is 62.7 Å². The quantitative estimate of drug-likeness (QED) is 0.156. The lowest BCUT2D eigenvalue weighted by Crippen LogP contribution is -2.57. The number of piperazine rings is 1. The van der Waals surface area contributed by atoms with Crippen LogP contribution in [0, 0.1) is 23.2 Å². The molecule has 4 aliphatic rings. The van der Waals surface area contributed by atoms with Crippen LogP contribution in [-0.2, 0) is 13.2 Å². The summed E-state index contributed by atoms with van der Waals surface area (Å²) in [6.07, 6.45) is 2.45. The molecule has 1 aromatic heterocycles. The first-order valence-electron chi connectivity index (χ1n) is 17.5. The van der Waals surface area contributed by atoms with E-state index in [9.17, 15) is 4.79 Å². The van der Waals surface area contributed by atoms with Crippen LogP contribution in [0.5, 0.6) is 11.5 Å². The smallest absolute Gasteiger partial charge is 0.261 e. The number of nitrogens with zero attached hydrogens (tertiary/aromatic N) is 4. The van der Waals surface area contributed by atoms with Crippen LogP contribution in [0.2, 0.25) is 5.02 Å². The van der Waals surface area contributed by atoms with Gasteiger partial charge in [0.05, 0.1) is 35.6 Å². The van der Waals surface area contributed by atoms with Crippen molar-refractivity contribution in [2.24, 2.45) is 28.2 Å². The molecule has 2 N–H and O–H groups in total. The van der Waals surface area contributed by atoms with Crippen molar-refractivity contribution in [2.45, 2.75) is 65.8 Å². The van der Waals surface area contributed by atoms with Gasteiger partial charge >= 0.3 is 0 Å². The van der Waals surface area contributed by atoms with Crippen LogP contribution in [-0.4, -0.2) is 59.2 Å². The number of ether oxygens (including phenoxy) is 2. The molecule has 3 saturated carbocycles. The Morgan fingerprint density at radius 1 is 1.10 bits per heavy atom. The lowest BCUT2D eigenvalue weighted by atomic mass is 9.45. The van der Waals surface area contributed by atoms with E-state index in [1.807, 2.05) is 48.5 Å². The van der Waals surface area contributed by atoms with E-state index in [-0.39, 0.29) is 18.2 Å². The summed E-state index contributed by atoms with van der Waals surface area (Å²) in [4.78, 5) is 26.9. The maximum absolute atomic E-state index is 14.1. The molecule has 3 aliphatic carbocycles. The number of halogens is 1. The maximum Gasteiger partial charge on any atom is 0.261 e. The highest BCUT2D eigenvalue weighted by Gasteiger charge is 2.56. The number of rotatable bonds is 8. The lowest BCUT2D eigenvalue weighted by molar-refractivity contribution is -0.108. The Hall–Kier alpha value is -4.08. The number of benzene rings is 3. The second-order valence-electron chi connectivity index (χ2n) is 14.6. The van der Waals surface area contributed by atoms with Gasteiger partial charge in [0, 0.05) is 37.4 Å². The Kier molecular flexibility index (Phi) is 9.33. The fourth-order valence-corrected chi connectivity index (χ4v) is 8.37. The lowest BCUT2D eigenvalue weighted by Gasteiger charge is -2.61. The number of hydrogen-bond acceptors (Lipinski definition) is 6. The molecule has 258 valence electrons. The van der Waals surface area contributed by atoms with Gasteiger partial charge in [0.15, 0.2) is 11.8 Å². The van der Waals surface area contributed by atoms with E-state index < -0.39 is 0 Å². The molecular weight excluding hydrogens is 636 g/mol. The zero-order chi connectivity index (χ0) is 34.3. The average Bonchev–Trinajstić information content (AvgIpc) is 3.09. The van der Waals surface area contributed by atoms with E-state index >= 15 is 0 Å². The van der Waals surface area contributed by atoms with E-state index in [0.717, 1.165) is 49.2 Å². The van der Waals surface area contributed by atoms with Crippen LogP contribution in [0.1, 0.15) is 51.9 Å². The summed E-state index contributed by atoms with van der Waals surface area (Å²) in [6.45, 7) is 12.5. The van der Waals surface area contributed by atoms with Gasteiger partial charge < -0.3 is 25.0 Å². The summed E-state index contributed by atoms with van der Waals surface area (Å²) >= 11 is 6.49. The largest absolute Gasteiger partial charge is 0.497 e. The molecule has 9 nitrogen and oxygen atoms in total. The Balaban J connectivity index is 1.22. The van der Waals surface area contributed by atoms with Gasteiger partial charge in [0.1, 0.15) is 18.1 Å². The van der Waals surface area contributed by atoms with Crippen molar-refractivity contribution in [3.8, 4) is 11.5 Å². The van der Waals surface area contributed by atoms with Crippen LogP contribution in [0.15, 0.2) is 76.5 Å². The first-order valence-corrected chi connectivity index (χ1v) is 17.9. The Morgan fingerprint density at radius 3 is 2.63 bits per heavy atom. The van der Waals surface area contributed by atoms with Crippen molar-refractivity contribution in [2.75, 3.05) is 32.1 Å². The molecule has 1 unspecified atom stereocenters. The van der Waals surface area contributed by atoms with E-state index in [2.05, 4.69) is 43.2 Å². The number of fused-ring (bicyclic) bond motifs is 3. The van der Waals surface area contributed by atoms with Crippen molar-refractivity contribution in [1.82, 2.24) is 19.8 Å². The molecular formula is C39H47ClN6O3. The third kappa shape index (κ3) is 6.75. The molecule has 0 amide bonds. The number of nitrogens with one attached hydrogen (secondary N) is 2. The molecule has 1 aliphatic heterocycles. The Labute approximate surface area is 293 Å². The molecule has 3 aromatic carbocycles. The highest BCUT2D eigenvalue weighted by atomic mass is 35.5. The summed E-state index contributed by atoms with van der Waals surface area (Å²) in [7, 11) is 1.59. The fraction of sp³-hybridized carbons (Fsp3) is 0.462. The molecule has 0 radical (unpaired) electrons. The first kappa shape index (κ1) is 33.4. The van der Waals surface area contributed by atoms with Crippen LogP contribution in [0.4, 0.5) is 5.69 Å². The minimum atomic E-state index is -0.123. The van der Waals surface area contributed by atoms with Crippen LogP contribution in [0.3, 0.4) is 0 Å². The SMILES string of the molecule is COc1ccc(OCc2nc3cc(NC(=NC4C[C@H]5C[C@@H]([C@@H]4C)C5(C)C)N4CCN[C@@H](C)C4)ccc3c(=O)n2Cc2ccccc2)c(Cl)c1. The van der Waals surface area contributed by atoms with E-state index in [1.165, 1.54) is 6.42 Å². The molecule has 49 heavy (non-hydrogen) atoms. The molecule has 4 fully saturated rings. The first-order chi connectivity index (χ1) is 23.6. The van der Waals surface area contributed by atoms with Crippen LogP contribution >= 0.6 is 11.6 Å². The third-order valence-electron chi connectivity index (χ3n) is 11.2. The fourth-order valence-electron chi connectivity index (χ4n) is 8.15. The van der Waals surface area contributed by atoms with Gasteiger partial charge in [-0.15, -0.1) is 0 Å². The van der Waals surface area contributed by atoms with Crippen LogP contribution < -0.4 is 25.7 Å². The maximum atomic E-state index is 14.1. The summed E-state index contributed by atoms with van der Waals surface area (Å²) in [6, 6.07) is 21.6. The topological polar surface area (TPSA) is 93.0 Å². The zero-order valence-electron chi connectivity index (χ0n) is 29.1. The predicted octanol–water partition coefficient (Wildman–Crippen LogP) is 6.82. The van der Waals surface area contributed by atoms with Gasteiger partial charge in [-0.2, -0.15) is 0 Å². The minimum absolute atomic E-state index is 0.0609. The highest BCUT2D eigenvalue weighted by Crippen LogP contribution is 2.61. The zero-order valence-corrected chi connectivity index (χ0v) is 29.8. The summed E-state index contributed by atoms with van der Waals surface area (Å²) in [5, 5.41) is 8.22. The van der Waals surface area contributed by atoms with Crippen molar-refractivity contribution in [3.05, 3.63) is 93.5 Å². The van der Waals surface area contributed by atoms with Crippen molar-refractivity contribution < 1.29 is 9.47 Å². The van der Waals surface area contributed by atoms with Gasteiger partial charge in [0.25, 0.3) is 5.56 Å². The number of aliphatic imine (C=N–C) groups is 1. The third-order valence-corrected chi connectivity index (χ3v) is 11.5. The molecule has 2 heterocycles. The van der Waals surface area contributed by atoms with Gasteiger partial charge in [0.2, 0.25) is 0 Å². The Morgan fingerprint density at radius 2 is 1.92 bits per heavy atom. The standard InChI is InChI=1S/C39H47ClN6O3/c1-24-21-45(16-15-41-24)38(44-33-18-27-17-31(25(33)2)39(27,3)4)42-28-11-13-30-34(19-28)43-36(23-49-35-14-12-29(48-5)20-32(35)40)46(37(30)47)22-26-9-7-6-8-10-26/h6-14,19-20,24-25,27,31,33,41H,15-18,21-23H2,1-5H3,(H,42,44)/t24-,25-,27+,31-,33?/m0/s1. The molecule has 4 aromatic rings. The molecule has 2 bridgehead atoms. The second-order valence-corrected chi connectivity index (χ2v) is 15.0. The normalized spacial score (nSPS) is 24.7. The van der Waals surface area contributed by atoms with E-state index in [4.69, 9.17) is 31.1 Å². The molecule has 5 atom stereocenters. The van der Waals surface area contributed by atoms with Gasteiger partial charge in [-0.05, 0) is 78.8 Å². The number of methoxy groups -OCH3 is 1. The van der Waals surface area contributed by atoms with Crippen LogP contribution in [0.25, 0.3) is 10.9 Å². The summed E-state index contributed by atoms with van der Waals surface area (Å²) < 4.78 is 13.1. The van der Waals surface area contributed by atoms with Gasteiger partial charge in [-0.25, -0.2) is 9.98 Å². The monoisotopic (exact) mass is 682 g/mol. The molecule has 8 rings (SSSR count). The molecule has 1 saturated heterocycles. The number of hydrogen-bond donors (Lipinski definition) is 2. The van der Waals surface area contributed by atoms with E-state index in [1.54, 1.807) is 29.9 Å². The molecule has 10 heteroatoms. The number of aromatic nitrogens is 2. The van der Waals surface area contributed by atoms with Crippen molar-refractivity contribution in [3.63, 3.8) is 0 Å². The molecule has 0 spiro atoms. The van der Waals surface area contributed by atoms with Crippen molar-refractivity contribution >= 4 is 34.2 Å². The highest BCUT2D eigenvalue weighted by molar-refractivity contribution is 6.32. The number of anilines is 1. The summed E-state index contributed by atoms with van der Waals surface area (Å²) in [5.41, 5.74) is 2.73. The van der Waals surface area contributed by atoms with Crippen molar-refractivity contribution in [1.29, 1.82) is 0 Å². The van der Waals surface area contributed by atoms with E-state index in [0.29, 0.717) is 63.1 Å². The predicted molar refractivity (Wildman–Crippen MR) is 197 cm³/mol. The Bertz CT molecular complexity index is 1910. The minimum Gasteiger partial charge on any atom is -0.497 e. The average molecular weight is 683 g/mol.